The molecule has 0 aliphatic carbocycles. The van der Waals surface area contributed by atoms with Crippen LogP contribution in [0.2, 0.25) is 0 Å². The average Bonchev–Trinajstić information content (AvgIpc) is 2.32. The molecule has 0 spiro atoms. The molecule has 1 amide bonds. The maximum atomic E-state index is 12.0. The molecule has 18 heavy (non-hydrogen) atoms. The summed E-state index contributed by atoms with van der Waals surface area (Å²) >= 11 is 0. The molecule has 1 aromatic heterocycles. The van der Waals surface area contributed by atoms with Crippen LogP contribution in [0.4, 0.5) is 0 Å². The van der Waals surface area contributed by atoms with Crippen LogP contribution < -0.4 is 5.56 Å². The summed E-state index contributed by atoms with van der Waals surface area (Å²) in [7, 11) is 1.45. The molecule has 0 aliphatic heterocycles. The van der Waals surface area contributed by atoms with E-state index >= 15 is 0 Å². The molecule has 0 fully saturated rings. The summed E-state index contributed by atoms with van der Waals surface area (Å²) in [5.41, 5.74) is -0.176. The lowest BCUT2D eigenvalue weighted by Gasteiger charge is -2.19. The van der Waals surface area contributed by atoms with Gasteiger partial charge in [-0.2, -0.15) is 5.10 Å². The topological polar surface area (TPSA) is 92.5 Å². The number of aliphatic carboxylic acids is 1. The maximum Gasteiger partial charge on any atom is 0.305 e. The van der Waals surface area contributed by atoms with Crippen molar-refractivity contribution in [2.75, 3.05) is 13.1 Å². The predicted molar refractivity (Wildman–Crippen MR) is 63.3 cm³/mol. The summed E-state index contributed by atoms with van der Waals surface area (Å²) in [5, 5.41) is 12.4. The molecule has 0 bridgehead atoms. The zero-order chi connectivity index (χ0) is 13.7. The Morgan fingerprint density at radius 1 is 1.44 bits per heavy atom. The fourth-order valence-electron chi connectivity index (χ4n) is 1.41. The third-order valence-electron chi connectivity index (χ3n) is 2.44. The molecule has 7 nitrogen and oxygen atoms in total. The van der Waals surface area contributed by atoms with Crippen molar-refractivity contribution in [3.05, 3.63) is 28.2 Å². The third-order valence-corrected chi connectivity index (χ3v) is 2.44. The molecule has 7 heteroatoms. The maximum absolute atomic E-state index is 12.0. The molecule has 0 aromatic carbocycles. The summed E-state index contributed by atoms with van der Waals surface area (Å²) in [5.74, 6) is -1.34. The fourth-order valence-corrected chi connectivity index (χ4v) is 1.41. The Balaban J connectivity index is 2.86. The molecule has 0 aliphatic rings. The largest absolute Gasteiger partial charge is 0.481 e. The van der Waals surface area contributed by atoms with Gasteiger partial charge in [-0.25, -0.2) is 4.68 Å². The van der Waals surface area contributed by atoms with E-state index in [4.69, 9.17) is 5.11 Å². The van der Waals surface area contributed by atoms with E-state index in [9.17, 15) is 14.4 Å². The van der Waals surface area contributed by atoms with E-state index in [2.05, 4.69) is 5.10 Å². The molecule has 1 aromatic rings. The smallest absolute Gasteiger partial charge is 0.305 e. The SMILES string of the molecule is CCN(CCC(=O)O)C(=O)c1ccc(=O)n(C)n1. The first-order chi connectivity index (χ1) is 8.45. The molecule has 0 atom stereocenters. The van der Waals surface area contributed by atoms with Crippen molar-refractivity contribution in [2.45, 2.75) is 13.3 Å². The van der Waals surface area contributed by atoms with Gasteiger partial charge < -0.3 is 10.0 Å². The third kappa shape index (κ3) is 3.41. The van der Waals surface area contributed by atoms with E-state index in [1.165, 1.54) is 24.1 Å². The van der Waals surface area contributed by atoms with Crippen LogP contribution in [-0.4, -0.2) is 44.8 Å². The van der Waals surface area contributed by atoms with Gasteiger partial charge in [0.1, 0.15) is 5.69 Å². The van der Waals surface area contributed by atoms with Gasteiger partial charge in [-0.15, -0.1) is 0 Å². The van der Waals surface area contributed by atoms with Crippen molar-refractivity contribution in [1.29, 1.82) is 0 Å². The molecular formula is C11H15N3O4. The number of hydrogen-bond acceptors (Lipinski definition) is 4. The van der Waals surface area contributed by atoms with Crippen LogP contribution in [0.3, 0.4) is 0 Å². The number of carboxylic acids is 1. The van der Waals surface area contributed by atoms with E-state index in [0.717, 1.165) is 4.68 Å². The average molecular weight is 253 g/mol. The van der Waals surface area contributed by atoms with Gasteiger partial charge in [0.25, 0.3) is 11.5 Å². The Bertz CT molecular complexity index is 509. The molecule has 0 radical (unpaired) electrons. The van der Waals surface area contributed by atoms with E-state index in [0.29, 0.717) is 6.54 Å². The lowest BCUT2D eigenvalue weighted by Crippen LogP contribution is -2.34. The number of amides is 1. The van der Waals surface area contributed by atoms with Crippen molar-refractivity contribution in [2.24, 2.45) is 7.05 Å². The highest BCUT2D eigenvalue weighted by molar-refractivity contribution is 5.92. The zero-order valence-corrected chi connectivity index (χ0v) is 10.3. The molecule has 1 rings (SSSR count). The number of carbonyl (C=O) groups is 2. The van der Waals surface area contributed by atoms with Gasteiger partial charge in [0, 0.05) is 26.2 Å². The van der Waals surface area contributed by atoms with Gasteiger partial charge in [-0.05, 0) is 13.0 Å². The van der Waals surface area contributed by atoms with Crippen LogP contribution in [0.15, 0.2) is 16.9 Å². The van der Waals surface area contributed by atoms with Crippen LogP contribution >= 0.6 is 0 Å². The highest BCUT2D eigenvalue weighted by Crippen LogP contribution is 2.01. The van der Waals surface area contributed by atoms with Crippen LogP contribution in [0, 0.1) is 0 Å². The van der Waals surface area contributed by atoms with Gasteiger partial charge in [0.2, 0.25) is 0 Å². The van der Waals surface area contributed by atoms with Crippen molar-refractivity contribution in [1.82, 2.24) is 14.7 Å². The number of carboxylic acid groups (broad SMARTS) is 1. The van der Waals surface area contributed by atoms with E-state index in [1.807, 2.05) is 0 Å². The van der Waals surface area contributed by atoms with Crippen molar-refractivity contribution in [3.63, 3.8) is 0 Å². The first kappa shape index (κ1) is 13.9. The Morgan fingerprint density at radius 3 is 2.61 bits per heavy atom. The van der Waals surface area contributed by atoms with Gasteiger partial charge in [-0.3, -0.25) is 14.4 Å². The number of hydrogen-bond donors (Lipinski definition) is 1. The Kier molecular flexibility index (Phi) is 4.59. The van der Waals surface area contributed by atoms with E-state index < -0.39 is 5.97 Å². The van der Waals surface area contributed by atoms with E-state index in [-0.39, 0.29) is 30.1 Å². The Morgan fingerprint density at radius 2 is 2.11 bits per heavy atom. The molecular weight excluding hydrogens is 238 g/mol. The van der Waals surface area contributed by atoms with Crippen LogP contribution in [0.25, 0.3) is 0 Å². The van der Waals surface area contributed by atoms with Crippen molar-refractivity contribution < 1.29 is 14.7 Å². The van der Waals surface area contributed by atoms with Crippen LogP contribution in [0.1, 0.15) is 23.8 Å². The van der Waals surface area contributed by atoms with Gasteiger partial charge in [0.05, 0.1) is 6.42 Å². The Hall–Kier alpha value is -2.18. The molecule has 98 valence electrons. The minimum Gasteiger partial charge on any atom is -0.481 e. The number of aromatic nitrogens is 2. The highest BCUT2D eigenvalue weighted by Gasteiger charge is 2.17. The van der Waals surface area contributed by atoms with Gasteiger partial charge in [0.15, 0.2) is 0 Å². The molecule has 0 saturated carbocycles. The summed E-state index contributed by atoms with van der Waals surface area (Å²) in [6.45, 7) is 2.26. The minimum absolute atomic E-state index is 0.120. The number of rotatable bonds is 5. The molecule has 1 N–H and O–H groups in total. The second-order valence-electron chi connectivity index (χ2n) is 3.71. The molecule has 0 unspecified atom stereocenters. The van der Waals surface area contributed by atoms with Crippen molar-refractivity contribution in [3.8, 4) is 0 Å². The number of aryl methyl sites for hydroxylation is 1. The summed E-state index contributed by atoms with van der Waals surface area (Å²) < 4.78 is 1.07. The standard InChI is InChI=1S/C11H15N3O4/c1-3-14(7-6-10(16)17)11(18)8-4-5-9(15)13(2)12-8/h4-5H,3,6-7H2,1-2H3,(H,16,17). The lowest BCUT2D eigenvalue weighted by molar-refractivity contribution is -0.137. The fraction of sp³-hybridized carbons (Fsp3) is 0.455. The van der Waals surface area contributed by atoms with Crippen LogP contribution in [-0.2, 0) is 11.8 Å². The Labute approximate surface area is 104 Å². The normalized spacial score (nSPS) is 10.1. The second-order valence-corrected chi connectivity index (χ2v) is 3.71. The van der Waals surface area contributed by atoms with Crippen molar-refractivity contribution >= 4 is 11.9 Å². The number of nitrogens with zero attached hydrogens (tertiary/aromatic N) is 3. The molecule has 0 saturated heterocycles. The quantitative estimate of drug-likeness (QED) is 0.778. The first-order valence-corrected chi connectivity index (χ1v) is 5.51. The highest BCUT2D eigenvalue weighted by atomic mass is 16.4. The predicted octanol–water partition coefficient (Wildman–Crippen LogP) is -0.283. The zero-order valence-electron chi connectivity index (χ0n) is 10.3. The van der Waals surface area contributed by atoms with Crippen LogP contribution in [0.5, 0.6) is 0 Å². The monoisotopic (exact) mass is 253 g/mol. The summed E-state index contributed by atoms with van der Waals surface area (Å²) in [6, 6.07) is 2.60. The van der Waals surface area contributed by atoms with E-state index in [1.54, 1.807) is 6.92 Å². The molecule has 1 heterocycles. The van der Waals surface area contributed by atoms with Gasteiger partial charge in [-0.1, -0.05) is 0 Å². The van der Waals surface area contributed by atoms with Gasteiger partial charge >= 0.3 is 5.97 Å². The minimum atomic E-state index is -0.963. The summed E-state index contributed by atoms with van der Waals surface area (Å²) in [6.07, 6.45) is -0.120. The lowest BCUT2D eigenvalue weighted by atomic mass is 10.3. The summed E-state index contributed by atoms with van der Waals surface area (Å²) in [4.78, 5) is 35.0. The first-order valence-electron chi connectivity index (χ1n) is 5.51. The second kappa shape index (κ2) is 5.95. The number of carbonyl (C=O) groups excluding carboxylic acids is 1.